The van der Waals surface area contributed by atoms with Gasteiger partial charge in [0.1, 0.15) is 0 Å². The van der Waals surface area contributed by atoms with E-state index in [1.165, 1.54) is 0 Å². The van der Waals surface area contributed by atoms with Crippen molar-refractivity contribution in [2.75, 3.05) is 0 Å². The van der Waals surface area contributed by atoms with E-state index in [-0.39, 0.29) is 22.4 Å². The van der Waals surface area contributed by atoms with Crippen LogP contribution in [0.1, 0.15) is 102 Å². The molecule has 0 rings (SSSR count). The van der Waals surface area contributed by atoms with Gasteiger partial charge in [-0.1, -0.05) is 20.8 Å². The van der Waals surface area contributed by atoms with E-state index in [1.54, 1.807) is 0 Å². The van der Waals surface area contributed by atoms with Crippen LogP contribution in [0.3, 0.4) is 0 Å². The Hall–Kier alpha value is -0.160. The van der Waals surface area contributed by atoms with Crippen molar-refractivity contribution in [3.8, 4) is 0 Å². The first-order chi connectivity index (χ1) is 10.1. The van der Waals surface area contributed by atoms with Gasteiger partial charge in [-0.3, -0.25) is 0 Å². The van der Waals surface area contributed by atoms with Crippen LogP contribution >= 0.6 is 0 Å². The summed E-state index contributed by atoms with van der Waals surface area (Å²) in [4.78, 5) is 21.1. The standard InChI is InChI=1S/C10H22O2.C9H20O2/c1-7-9(3,4)11-12-10(5,6)8-2;1-7-9(5,6)11-10-8(2,3)4/h7-8H2,1-6H3;7H2,1-6H3. The Balaban J connectivity index is 0. The fourth-order valence-corrected chi connectivity index (χ4v) is 0.640. The third-order valence-corrected chi connectivity index (χ3v) is 3.56. The molecular formula is C19H42O4. The molecule has 0 saturated heterocycles. The van der Waals surface area contributed by atoms with Crippen LogP contribution in [0.15, 0.2) is 0 Å². The molecule has 0 atom stereocenters. The molecule has 0 aliphatic rings. The minimum absolute atomic E-state index is 0.173. The second-order valence-electron chi connectivity index (χ2n) is 8.79. The molecule has 0 heterocycles. The van der Waals surface area contributed by atoms with Crippen molar-refractivity contribution in [2.24, 2.45) is 0 Å². The zero-order chi connectivity index (χ0) is 18.9. The van der Waals surface area contributed by atoms with Crippen LogP contribution in [0.5, 0.6) is 0 Å². The summed E-state index contributed by atoms with van der Waals surface area (Å²) in [6, 6.07) is 0. The van der Waals surface area contributed by atoms with Crippen LogP contribution in [0, 0.1) is 0 Å². The average Bonchev–Trinajstić information content (AvgIpc) is 2.44. The molecule has 142 valence electrons. The fourth-order valence-electron chi connectivity index (χ4n) is 0.640. The van der Waals surface area contributed by atoms with Gasteiger partial charge in [0, 0.05) is 0 Å². The zero-order valence-corrected chi connectivity index (χ0v) is 17.8. The van der Waals surface area contributed by atoms with Crippen LogP contribution in [-0.4, -0.2) is 22.4 Å². The van der Waals surface area contributed by atoms with Crippen LogP contribution in [-0.2, 0) is 19.6 Å². The summed E-state index contributed by atoms with van der Waals surface area (Å²) in [6.45, 7) is 24.3. The highest BCUT2D eigenvalue weighted by atomic mass is 17.2. The van der Waals surface area contributed by atoms with Crippen molar-refractivity contribution in [3.05, 3.63) is 0 Å². The molecule has 0 fully saturated rings. The van der Waals surface area contributed by atoms with Crippen molar-refractivity contribution in [3.63, 3.8) is 0 Å². The maximum absolute atomic E-state index is 5.33. The third kappa shape index (κ3) is 16.5. The van der Waals surface area contributed by atoms with Crippen LogP contribution in [0.25, 0.3) is 0 Å². The molecule has 0 unspecified atom stereocenters. The Morgan fingerprint density at radius 1 is 0.435 bits per heavy atom. The highest BCUT2D eigenvalue weighted by Crippen LogP contribution is 2.21. The molecule has 0 amide bonds. The van der Waals surface area contributed by atoms with Gasteiger partial charge in [-0.25, -0.2) is 19.6 Å². The zero-order valence-electron chi connectivity index (χ0n) is 17.8. The van der Waals surface area contributed by atoms with E-state index in [9.17, 15) is 0 Å². The maximum Gasteiger partial charge on any atom is 0.0977 e. The molecule has 0 N–H and O–H groups in total. The number of hydrogen-bond acceptors (Lipinski definition) is 4. The van der Waals surface area contributed by atoms with Crippen molar-refractivity contribution < 1.29 is 19.6 Å². The second kappa shape index (κ2) is 9.97. The highest BCUT2D eigenvalue weighted by Gasteiger charge is 2.23. The van der Waals surface area contributed by atoms with Crippen LogP contribution in [0.2, 0.25) is 0 Å². The minimum Gasteiger partial charge on any atom is -0.230 e. The van der Waals surface area contributed by atoms with Gasteiger partial charge in [0.25, 0.3) is 0 Å². The summed E-state index contributed by atoms with van der Waals surface area (Å²) in [5.41, 5.74) is -0.737. The van der Waals surface area contributed by atoms with Gasteiger partial charge in [0.2, 0.25) is 0 Å². The van der Waals surface area contributed by atoms with Gasteiger partial charge in [-0.05, 0) is 81.6 Å². The van der Waals surface area contributed by atoms with Crippen LogP contribution < -0.4 is 0 Å². The smallest absolute Gasteiger partial charge is 0.0977 e. The van der Waals surface area contributed by atoms with E-state index in [1.807, 2.05) is 62.3 Å². The lowest BCUT2D eigenvalue weighted by Crippen LogP contribution is -2.31. The number of hydrogen-bond donors (Lipinski definition) is 0. The molecule has 0 aliphatic carbocycles. The predicted molar refractivity (Wildman–Crippen MR) is 97.2 cm³/mol. The predicted octanol–water partition coefficient (Wildman–Crippen LogP) is 6.23. The van der Waals surface area contributed by atoms with E-state index >= 15 is 0 Å². The molecule has 0 aromatic heterocycles. The molecule has 0 spiro atoms. The van der Waals surface area contributed by atoms with Crippen LogP contribution in [0.4, 0.5) is 0 Å². The Morgan fingerprint density at radius 3 is 0.826 bits per heavy atom. The third-order valence-electron chi connectivity index (χ3n) is 3.56. The molecule has 23 heavy (non-hydrogen) atoms. The Bertz CT molecular complexity index is 285. The molecule has 0 radical (unpaired) electrons. The maximum atomic E-state index is 5.33. The van der Waals surface area contributed by atoms with Gasteiger partial charge < -0.3 is 0 Å². The van der Waals surface area contributed by atoms with Gasteiger partial charge in [0.05, 0.1) is 22.4 Å². The largest absolute Gasteiger partial charge is 0.230 e. The van der Waals surface area contributed by atoms with Gasteiger partial charge in [0.15, 0.2) is 0 Å². The summed E-state index contributed by atoms with van der Waals surface area (Å²) in [5.74, 6) is 0. The van der Waals surface area contributed by atoms with Gasteiger partial charge >= 0.3 is 0 Å². The Morgan fingerprint density at radius 2 is 0.652 bits per heavy atom. The first kappa shape index (κ1) is 25.1. The quantitative estimate of drug-likeness (QED) is 0.389. The first-order valence-electron chi connectivity index (χ1n) is 8.83. The summed E-state index contributed by atoms with van der Waals surface area (Å²) < 4.78 is 0. The SMILES string of the molecule is CCC(C)(C)OOC(C)(C)C.CCC(C)(C)OOC(C)(C)CC. The molecule has 0 aliphatic heterocycles. The lowest BCUT2D eigenvalue weighted by molar-refractivity contribution is -0.401. The van der Waals surface area contributed by atoms with E-state index in [4.69, 9.17) is 19.6 Å². The summed E-state index contributed by atoms with van der Waals surface area (Å²) in [5, 5.41) is 0. The van der Waals surface area contributed by atoms with Crippen molar-refractivity contribution in [2.45, 2.75) is 125 Å². The van der Waals surface area contributed by atoms with E-state index in [2.05, 4.69) is 20.8 Å². The topological polar surface area (TPSA) is 36.9 Å². The Labute approximate surface area is 145 Å². The normalized spacial score (nSPS) is 13.6. The molecule has 4 heteroatoms. The monoisotopic (exact) mass is 334 g/mol. The van der Waals surface area contributed by atoms with E-state index in [0.717, 1.165) is 19.3 Å². The first-order valence-corrected chi connectivity index (χ1v) is 8.83. The van der Waals surface area contributed by atoms with Crippen molar-refractivity contribution in [1.29, 1.82) is 0 Å². The summed E-state index contributed by atoms with van der Waals surface area (Å²) in [6.07, 6.45) is 2.85. The molecule has 0 aromatic rings. The molecule has 4 nitrogen and oxygen atoms in total. The molecule has 0 aromatic carbocycles. The fraction of sp³-hybridized carbons (Fsp3) is 1.00. The number of rotatable bonds is 8. The summed E-state index contributed by atoms with van der Waals surface area (Å²) in [7, 11) is 0. The van der Waals surface area contributed by atoms with Gasteiger partial charge in [-0.2, -0.15) is 0 Å². The molecule has 0 bridgehead atoms. The van der Waals surface area contributed by atoms with Gasteiger partial charge in [-0.15, -0.1) is 0 Å². The van der Waals surface area contributed by atoms with Crippen molar-refractivity contribution >= 4 is 0 Å². The van der Waals surface area contributed by atoms with Crippen molar-refractivity contribution in [1.82, 2.24) is 0 Å². The van der Waals surface area contributed by atoms with E-state index < -0.39 is 0 Å². The summed E-state index contributed by atoms with van der Waals surface area (Å²) >= 11 is 0. The average molecular weight is 335 g/mol. The minimum atomic E-state index is -0.216. The lowest BCUT2D eigenvalue weighted by Gasteiger charge is -2.29. The second-order valence-corrected chi connectivity index (χ2v) is 8.79. The highest BCUT2D eigenvalue weighted by molar-refractivity contribution is 4.66. The van der Waals surface area contributed by atoms with E-state index in [0.29, 0.717) is 0 Å². The Kier molecular flexibility index (Phi) is 10.9. The molecular weight excluding hydrogens is 292 g/mol. The molecule has 0 saturated carbocycles. The lowest BCUT2D eigenvalue weighted by atomic mass is 10.1.